The average Bonchev–Trinajstić information content (AvgIpc) is 2.93. The van der Waals surface area contributed by atoms with E-state index in [1.807, 2.05) is 0 Å². The second kappa shape index (κ2) is 4.19. The summed E-state index contributed by atoms with van der Waals surface area (Å²) < 4.78 is 2.62. The van der Waals surface area contributed by atoms with Gasteiger partial charge < -0.3 is 4.57 Å². The molecule has 128 valence electrons. The smallest absolute Gasteiger partial charge is 0.110 e. The third-order valence-electron chi connectivity index (χ3n) is 7.33. The van der Waals surface area contributed by atoms with E-state index in [2.05, 4.69) is 82.6 Å². The number of aromatic nitrogens is 1. The van der Waals surface area contributed by atoms with Crippen LogP contribution in [-0.4, -0.2) is 12.4 Å². The van der Waals surface area contributed by atoms with E-state index in [1.54, 1.807) is 5.57 Å². The minimum Gasteiger partial charge on any atom is -0.308 e. The first kappa shape index (κ1) is 14.9. The second-order valence-corrected chi connectivity index (χ2v) is 9.58. The van der Waals surface area contributed by atoms with Gasteiger partial charge in [-0.25, -0.2) is 0 Å². The highest BCUT2D eigenvalue weighted by molar-refractivity contribution is 6.16. The predicted molar refractivity (Wildman–Crippen MR) is 112 cm³/mol. The topological polar surface area (TPSA) is 4.93 Å². The average molecular weight is 337 g/mol. The third kappa shape index (κ3) is 1.41. The Kier molecular flexibility index (Phi) is 2.40. The van der Waals surface area contributed by atoms with Gasteiger partial charge in [-0.05, 0) is 34.5 Å². The fourth-order valence-corrected chi connectivity index (χ4v) is 5.97. The van der Waals surface area contributed by atoms with Gasteiger partial charge in [-0.1, -0.05) is 70.2 Å². The molecule has 26 heavy (non-hydrogen) atoms. The monoisotopic (exact) mass is 337 g/mol. The van der Waals surface area contributed by atoms with E-state index in [0.717, 1.165) is 0 Å². The fraction of sp³-hybridized carbons (Fsp3) is 0.333. The van der Waals surface area contributed by atoms with Gasteiger partial charge in [0.05, 0.1) is 16.6 Å². The Bertz CT molecular complexity index is 1270. The summed E-state index contributed by atoms with van der Waals surface area (Å²) in [5, 5.41) is 4.40. The SMILES string of the molecule is BC1C=c2c3n4c5c(cccc25)C(C)(C)c2cccc(c2-4)C(C)(C)C=3C1. The maximum Gasteiger partial charge on any atom is 0.110 e. The summed E-state index contributed by atoms with van der Waals surface area (Å²) in [5.41, 5.74) is 9.07. The van der Waals surface area contributed by atoms with Crippen LogP contribution in [0, 0.1) is 0 Å². The van der Waals surface area contributed by atoms with E-state index in [-0.39, 0.29) is 10.8 Å². The molecule has 0 fully saturated rings. The van der Waals surface area contributed by atoms with E-state index in [9.17, 15) is 0 Å². The third-order valence-corrected chi connectivity index (χ3v) is 7.33. The highest BCUT2D eigenvalue weighted by Crippen LogP contribution is 2.50. The van der Waals surface area contributed by atoms with E-state index in [4.69, 9.17) is 0 Å². The number of fused-ring (bicyclic) bond motifs is 1. The van der Waals surface area contributed by atoms with Crippen molar-refractivity contribution in [2.24, 2.45) is 0 Å². The number of hydrogen-bond donors (Lipinski definition) is 0. The van der Waals surface area contributed by atoms with Crippen molar-refractivity contribution in [3.05, 3.63) is 63.7 Å². The predicted octanol–water partition coefficient (Wildman–Crippen LogP) is 3.32. The van der Waals surface area contributed by atoms with Gasteiger partial charge in [0, 0.05) is 21.4 Å². The zero-order valence-corrected chi connectivity index (χ0v) is 16.3. The number of rotatable bonds is 0. The fourth-order valence-electron chi connectivity index (χ4n) is 5.97. The second-order valence-electron chi connectivity index (χ2n) is 9.58. The van der Waals surface area contributed by atoms with Gasteiger partial charge in [-0.3, -0.25) is 0 Å². The summed E-state index contributed by atoms with van der Waals surface area (Å²) in [5.74, 6) is 0.595. The lowest BCUT2D eigenvalue weighted by Gasteiger charge is -2.43. The largest absolute Gasteiger partial charge is 0.308 e. The first-order valence-electron chi connectivity index (χ1n) is 9.87. The van der Waals surface area contributed by atoms with Crippen molar-refractivity contribution < 1.29 is 0 Å². The standard InChI is InChI=1S/C24H24BN/c1-23(2)16-8-5-7-14-15-11-13(25)12-19-21(15)26(20(14)16)22-17(23)9-6-10-18(22)24(19,3)4/h5-11,13H,12,25H2,1-4H3. The summed E-state index contributed by atoms with van der Waals surface area (Å²) in [6, 6.07) is 13.9. The van der Waals surface area contributed by atoms with Crippen molar-refractivity contribution >= 4 is 30.4 Å². The van der Waals surface area contributed by atoms with Gasteiger partial charge >= 0.3 is 0 Å². The molecule has 0 radical (unpaired) electrons. The molecular weight excluding hydrogens is 313 g/mol. The van der Waals surface area contributed by atoms with E-state index >= 15 is 0 Å². The summed E-state index contributed by atoms with van der Waals surface area (Å²) >= 11 is 0. The molecule has 3 heterocycles. The van der Waals surface area contributed by atoms with Crippen molar-refractivity contribution in [2.45, 2.75) is 50.8 Å². The Balaban J connectivity index is 2.04. The normalized spacial score (nSPS) is 23.1. The highest BCUT2D eigenvalue weighted by Gasteiger charge is 2.43. The van der Waals surface area contributed by atoms with E-state index in [1.165, 1.54) is 50.3 Å². The summed E-state index contributed by atoms with van der Waals surface area (Å²) in [6.45, 7) is 9.66. The Morgan fingerprint density at radius 1 is 0.923 bits per heavy atom. The molecule has 0 amide bonds. The van der Waals surface area contributed by atoms with Gasteiger partial charge in [-0.15, -0.1) is 0 Å². The molecule has 2 heteroatoms. The van der Waals surface area contributed by atoms with Crippen LogP contribution in [0.2, 0.25) is 5.82 Å². The quantitative estimate of drug-likeness (QED) is 0.555. The molecule has 0 saturated heterocycles. The first-order chi connectivity index (χ1) is 12.3. The summed E-state index contributed by atoms with van der Waals surface area (Å²) in [7, 11) is 2.37. The zero-order chi connectivity index (χ0) is 18.0. The molecule has 0 N–H and O–H groups in total. The lowest BCUT2D eigenvalue weighted by atomic mass is 9.65. The van der Waals surface area contributed by atoms with E-state index in [0.29, 0.717) is 5.82 Å². The van der Waals surface area contributed by atoms with Crippen molar-refractivity contribution in [3.63, 3.8) is 0 Å². The lowest BCUT2D eigenvalue weighted by molar-refractivity contribution is 0.591. The molecule has 2 aromatic carbocycles. The Morgan fingerprint density at radius 3 is 2.35 bits per heavy atom. The first-order valence-corrected chi connectivity index (χ1v) is 9.87. The Hall–Kier alpha value is -2.22. The summed E-state index contributed by atoms with van der Waals surface area (Å²) in [4.78, 5) is 0. The van der Waals surface area contributed by atoms with Crippen molar-refractivity contribution in [2.75, 3.05) is 0 Å². The lowest BCUT2D eigenvalue weighted by Crippen LogP contribution is -2.46. The van der Waals surface area contributed by atoms with Crippen LogP contribution in [0.25, 0.3) is 28.2 Å². The molecule has 1 nitrogen and oxygen atoms in total. The molecule has 3 aromatic rings. The number of para-hydroxylation sites is 2. The number of benzene rings is 2. The van der Waals surface area contributed by atoms with Crippen LogP contribution in [0.15, 0.2) is 36.4 Å². The van der Waals surface area contributed by atoms with Gasteiger partial charge in [0.25, 0.3) is 0 Å². The number of hydrogen-bond acceptors (Lipinski definition) is 0. The summed E-state index contributed by atoms with van der Waals surface area (Å²) in [6.07, 6.45) is 3.68. The van der Waals surface area contributed by atoms with Gasteiger partial charge in [0.2, 0.25) is 0 Å². The van der Waals surface area contributed by atoms with Crippen LogP contribution < -0.4 is 10.6 Å². The van der Waals surface area contributed by atoms with Gasteiger partial charge in [-0.2, -0.15) is 0 Å². The van der Waals surface area contributed by atoms with Gasteiger partial charge in [0.15, 0.2) is 0 Å². The molecule has 1 aliphatic carbocycles. The van der Waals surface area contributed by atoms with Crippen molar-refractivity contribution in [1.29, 1.82) is 0 Å². The Labute approximate surface area is 155 Å². The molecule has 1 atom stereocenters. The highest BCUT2D eigenvalue weighted by atomic mass is 15.0. The minimum atomic E-state index is 0.0288. The van der Waals surface area contributed by atoms with Crippen LogP contribution in [0.1, 0.15) is 50.8 Å². The molecule has 3 aliphatic rings. The molecule has 0 saturated carbocycles. The number of nitrogens with zero attached hydrogens (tertiary/aromatic N) is 1. The van der Waals surface area contributed by atoms with Gasteiger partial charge in [0.1, 0.15) is 7.85 Å². The maximum absolute atomic E-state index is 2.62. The molecule has 1 unspecified atom stereocenters. The maximum atomic E-state index is 2.62. The van der Waals surface area contributed by atoms with Crippen molar-refractivity contribution in [1.82, 2.24) is 4.57 Å². The molecule has 0 spiro atoms. The molecule has 0 bridgehead atoms. The molecule has 1 aromatic heterocycles. The molecular formula is C24H24BN. The van der Waals surface area contributed by atoms with Crippen LogP contribution in [-0.2, 0) is 10.8 Å². The van der Waals surface area contributed by atoms with Crippen LogP contribution >= 0.6 is 0 Å². The zero-order valence-electron chi connectivity index (χ0n) is 16.3. The molecule has 6 rings (SSSR count). The van der Waals surface area contributed by atoms with Crippen LogP contribution in [0.4, 0.5) is 0 Å². The van der Waals surface area contributed by atoms with Crippen LogP contribution in [0.3, 0.4) is 0 Å². The minimum absolute atomic E-state index is 0.0288. The van der Waals surface area contributed by atoms with Crippen LogP contribution in [0.5, 0.6) is 0 Å². The van der Waals surface area contributed by atoms with E-state index < -0.39 is 0 Å². The van der Waals surface area contributed by atoms with Crippen molar-refractivity contribution in [3.8, 4) is 5.69 Å². The molecule has 2 aliphatic heterocycles. The Morgan fingerprint density at radius 2 is 1.58 bits per heavy atom.